The highest BCUT2D eigenvalue weighted by molar-refractivity contribution is 7.91. The highest BCUT2D eigenvalue weighted by Gasteiger charge is 2.23. The van der Waals surface area contributed by atoms with Crippen LogP contribution in [0.2, 0.25) is 10.0 Å². The summed E-state index contributed by atoms with van der Waals surface area (Å²) >= 11 is 18.2. The number of carbonyl (C=O) groups is 1. The van der Waals surface area contributed by atoms with Gasteiger partial charge in [0.2, 0.25) is 9.84 Å². The van der Waals surface area contributed by atoms with Crippen molar-refractivity contribution in [3.8, 4) is 11.5 Å². The average Bonchev–Trinajstić information content (AvgIpc) is 2.81. The van der Waals surface area contributed by atoms with Crippen molar-refractivity contribution >= 4 is 60.4 Å². The molecule has 0 aliphatic heterocycles. The van der Waals surface area contributed by atoms with Crippen LogP contribution in [0.1, 0.15) is 20.8 Å². The lowest BCUT2D eigenvalue weighted by Crippen LogP contribution is -2.25. The molecule has 2 aromatic rings. The van der Waals surface area contributed by atoms with E-state index in [4.69, 9.17) is 49.0 Å². The molecule has 0 aliphatic rings. The van der Waals surface area contributed by atoms with Crippen LogP contribution in [0, 0.1) is 5.92 Å². The summed E-state index contributed by atoms with van der Waals surface area (Å²) in [4.78, 5) is 10.9. The van der Waals surface area contributed by atoms with Crippen molar-refractivity contribution in [2.45, 2.75) is 36.7 Å². The van der Waals surface area contributed by atoms with Gasteiger partial charge in [-0.15, -0.1) is 11.6 Å². The van der Waals surface area contributed by atoms with E-state index in [2.05, 4.69) is 0 Å². The first-order valence-electron chi connectivity index (χ1n) is 10.8. The molecule has 2 rings (SSSR count). The molecule has 8 nitrogen and oxygen atoms in total. The first kappa shape index (κ1) is 30.5. The van der Waals surface area contributed by atoms with E-state index in [0.717, 1.165) is 0 Å². The van der Waals surface area contributed by atoms with Gasteiger partial charge in [0.05, 0.1) is 38.1 Å². The Balaban J connectivity index is 2.13. The van der Waals surface area contributed by atoms with Crippen molar-refractivity contribution in [1.82, 2.24) is 0 Å². The van der Waals surface area contributed by atoms with Crippen molar-refractivity contribution in [3.63, 3.8) is 0 Å². The van der Waals surface area contributed by atoms with Gasteiger partial charge >= 0.3 is 5.97 Å². The fourth-order valence-electron chi connectivity index (χ4n) is 3.04. The van der Waals surface area contributed by atoms with Crippen molar-refractivity contribution in [1.29, 1.82) is 0 Å². The molecule has 36 heavy (non-hydrogen) atoms. The summed E-state index contributed by atoms with van der Waals surface area (Å²) in [6.07, 6.45) is -0.737. The summed E-state index contributed by atoms with van der Waals surface area (Å²) in [5.41, 5.74) is 0. The fourth-order valence-corrected chi connectivity index (χ4v) is 6.43. The van der Waals surface area contributed by atoms with Crippen LogP contribution in [0.15, 0.2) is 46.2 Å². The molecule has 0 N–H and O–H groups in total. The SMILES string of the molecule is CCS(=O)(=O)C[C@H](C)COc1ccc(S(=O)(=O)c2cc(Cl)c(OC[C@@H](CCl)OC(C)=O)c(Cl)c2)cc1. The number of halogens is 3. The average molecular weight is 602 g/mol. The molecule has 0 aromatic heterocycles. The van der Waals surface area contributed by atoms with Crippen LogP contribution in [-0.4, -0.2) is 59.5 Å². The zero-order chi connectivity index (χ0) is 27.1. The van der Waals surface area contributed by atoms with Gasteiger partial charge in [-0.1, -0.05) is 37.0 Å². The van der Waals surface area contributed by atoms with Crippen molar-refractivity contribution < 1.29 is 35.8 Å². The standard InChI is InChI=1S/C23H27Cl3O8S2/c1-4-35(28,29)14-15(2)12-32-17-5-7-19(8-6-17)36(30,31)20-9-21(25)23(22(26)10-20)33-13-18(11-24)34-16(3)27/h5-10,15,18H,4,11-14H2,1-3H3/t15-,18-/m1/s1. The molecule has 200 valence electrons. The first-order chi connectivity index (χ1) is 16.8. The summed E-state index contributed by atoms with van der Waals surface area (Å²) in [5.74, 6) is -0.271. The number of esters is 1. The Kier molecular flexibility index (Phi) is 11.2. The van der Waals surface area contributed by atoms with E-state index in [1.807, 2.05) is 0 Å². The monoisotopic (exact) mass is 600 g/mol. The van der Waals surface area contributed by atoms with Crippen LogP contribution in [-0.2, 0) is 29.2 Å². The third-order valence-corrected chi connectivity index (χ3v) is 9.46. The lowest BCUT2D eigenvalue weighted by molar-refractivity contribution is -0.146. The zero-order valence-corrected chi connectivity index (χ0v) is 23.8. The maximum atomic E-state index is 13.1. The van der Waals surface area contributed by atoms with E-state index < -0.39 is 31.7 Å². The van der Waals surface area contributed by atoms with Crippen LogP contribution < -0.4 is 9.47 Å². The number of sulfone groups is 2. The van der Waals surface area contributed by atoms with E-state index in [9.17, 15) is 21.6 Å². The van der Waals surface area contributed by atoms with Gasteiger partial charge in [-0.3, -0.25) is 4.79 Å². The molecule has 2 aromatic carbocycles. The number of hydrogen-bond donors (Lipinski definition) is 0. The summed E-state index contributed by atoms with van der Waals surface area (Å²) in [7, 11) is -7.10. The highest BCUT2D eigenvalue weighted by Crippen LogP contribution is 2.37. The van der Waals surface area contributed by atoms with Crippen LogP contribution in [0.4, 0.5) is 0 Å². The second-order valence-electron chi connectivity index (χ2n) is 8.00. The summed E-state index contributed by atoms with van der Waals surface area (Å²) in [6, 6.07) is 8.12. The van der Waals surface area contributed by atoms with Gasteiger partial charge in [-0.2, -0.15) is 0 Å². The molecule has 0 aliphatic carbocycles. The normalized spacial score (nSPS) is 13.6. The number of ether oxygens (including phenoxy) is 3. The minimum absolute atomic E-state index is 0.00742. The molecule has 0 amide bonds. The van der Waals surface area contributed by atoms with E-state index in [1.165, 1.54) is 43.3 Å². The quantitative estimate of drug-likeness (QED) is 0.237. The maximum absolute atomic E-state index is 13.1. The lowest BCUT2D eigenvalue weighted by atomic mass is 10.2. The molecule has 0 spiro atoms. The number of alkyl halides is 1. The molecule has 0 saturated heterocycles. The van der Waals surface area contributed by atoms with E-state index in [0.29, 0.717) is 5.75 Å². The van der Waals surface area contributed by atoms with Gasteiger partial charge in [-0.05, 0) is 36.4 Å². The number of benzene rings is 2. The highest BCUT2D eigenvalue weighted by atomic mass is 35.5. The van der Waals surface area contributed by atoms with E-state index >= 15 is 0 Å². The molecule has 2 atom stereocenters. The van der Waals surface area contributed by atoms with Crippen LogP contribution in [0.25, 0.3) is 0 Å². The molecule has 0 unspecified atom stereocenters. The van der Waals surface area contributed by atoms with Gasteiger partial charge in [-0.25, -0.2) is 16.8 Å². The van der Waals surface area contributed by atoms with E-state index in [-0.39, 0.29) is 62.1 Å². The molecule has 0 heterocycles. The Bertz CT molecular complexity index is 1240. The Labute approximate surface area is 226 Å². The third-order valence-electron chi connectivity index (χ3n) is 4.85. The number of hydrogen-bond acceptors (Lipinski definition) is 8. The third kappa shape index (κ3) is 8.69. The Hall–Kier alpha value is -1.72. The van der Waals surface area contributed by atoms with E-state index in [1.54, 1.807) is 13.8 Å². The second-order valence-corrected chi connectivity index (χ2v) is 13.5. The van der Waals surface area contributed by atoms with Gasteiger partial charge in [0, 0.05) is 18.6 Å². The molecule has 0 saturated carbocycles. The minimum atomic E-state index is -3.98. The predicted molar refractivity (Wildman–Crippen MR) is 139 cm³/mol. The minimum Gasteiger partial charge on any atom is -0.493 e. The summed E-state index contributed by atoms with van der Waals surface area (Å²) < 4.78 is 65.8. The smallest absolute Gasteiger partial charge is 0.303 e. The van der Waals surface area contributed by atoms with Gasteiger partial charge in [0.1, 0.15) is 28.3 Å². The van der Waals surface area contributed by atoms with Crippen LogP contribution in [0.3, 0.4) is 0 Å². The van der Waals surface area contributed by atoms with Crippen molar-refractivity contribution in [2.75, 3.05) is 30.6 Å². The lowest BCUT2D eigenvalue weighted by Gasteiger charge is -2.17. The molecule has 0 radical (unpaired) electrons. The predicted octanol–water partition coefficient (Wildman–Crippen LogP) is 4.83. The van der Waals surface area contributed by atoms with Crippen molar-refractivity contribution in [2.24, 2.45) is 5.92 Å². The molecule has 0 bridgehead atoms. The molecule has 13 heteroatoms. The Morgan fingerprint density at radius 1 is 0.944 bits per heavy atom. The first-order valence-corrected chi connectivity index (χ1v) is 15.4. The number of carbonyl (C=O) groups excluding carboxylic acids is 1. The number of rotatable bonds is 13. The van der Waals surface area contributed by atoms with Gasteiger partial charge in [0.25, 0.3) is 0 Å². The summed E-state index contributed by atoms with van der Waals surface area (Å²) in [5, 5.41) is -0.0959. The Morgan fingerprint density at radius 3 is 2.03 bits per heavy atom. The molecule has 0 fully saturated rings. The maximum Gasteiger partial charge on any atom is 0.303 e. The van der Waals surface area contributed by atoms with Crippen LogP contribution in [0.5, 0.6) is 11.5 Å². The van der Waals surface area contributed by atoms with Crippen molar-refractivity contribution in [3.05, 3.63) is 46.4 Å². The molecular formula is C23H27Cl3O8S2. The second kappa shape index (κ2) is 13.2. The molecular weight excluding hydrogens is 575 g/mol. The topological polar surface area (TPSA) is 113 Å². The summed E-state index contributed by atoms with van der Waals surface area (Å²) in [6.45, 7) is 4.63. The fraction of sp³-hybridized carbons (Fsp3) is 0.435. The Morgan fingerprint density at radius 2 is 1.53 bits per heavy atom. The van der Waals surface area contributed by atoms with Crippen LogP contribution >= 0.6 is 34.8 Å². The zero-order valence-electron chi connectivity index (χ0n) is 19.9. The van der Waals surface area contributed by atoms with Gasteiger partial charge < -0.3 is 14.2 Å². The van der Waals surface area contributed by atoms with Gasteiger partial charge in [0.15, 0.2) is 5.75 Å². The largest absolute Gasteiger partial charge is 0.493 e.